The van der Waals surface area contributed by atoms with Gasteiger partial charge in [-0.25, -0.2) is 4.39 Å². The molecule has 2 rings (SSSR count). The fraction of sp³-hybridized carbons (Fsp3) is 0.533. The highest BCUT2D eigenvalue weighted by Crippen LogP contribution is 2.21. The Morgan fingerprint density at radius 3 is 2.80 bits per heavy atom. The minimum atomic E-state index is -0.451. The first-order valence-electron chi connectivity index (χ1n) is 7.07. The van der Waals surface area contributed by atoms with Gasteiger partial charge in [0.1, 0.15) is 5.82 Å². The minimum Gasteiger partial charge on any atom is -0.339 e. The van der Waals surface area contributed by atoms with Crippen LogP contribution in [0.15, 0.2) is 22.7 Å². The van der Waals surface area contributed by atoms with E-state index >= 15 is 0 Å². The molecule has 1 saturated heterocycles. The Morgan fingerprint density at radius 1 is 1.45 bits per heavy atom. The number of halogens is 2. The van der Waals surface area contributed by atoms with Crippen molar-refractivity contribution in [2.45, 2.75) is 19.8 Å². The highest BCUT2D eigenvalue weighted by Gasteiger charge is 2.25. The lowest BCUT2D eigenvalue weighted by Crippen LogP contribution is -2.41. The molecular weight excluding hydrogens is 323 g/mol. The molecule has 20 heavy (non-hydrogen) atoms. The van der Waals surface area contributed by atoms with E-state index in [9.17, 15) is 9.18 Å². The molecule has 1 aromatic rings. The number of rotatable bonds is 4. The van der Waals surface area contributed by atoms with E-state index in [0.717, 1.165) is 30.4 Å². The molecule has 1 aliphatic rings. The van der Waals surface area contributed by atoms with Gasteiger partial charge in [-0.1, -0.05) is 22.9 Å². The number of carbonyl (C=O) groups excluding carboxylic acids is 1. The first-order valence-corrected chi connectivity index (χ1v) is 7.86. The quantitative estimate of drug-likeness (QED) is 0.911. The second kappa shape index (κ2) is 7.18. The van der Waals surface area contributed by atoms with Gasteiger partial charge in [0.25, 0.3) is 5.91 Å². The Balaban J connectivity index is 1.96. The molecule has 1 fully saturated rings. The number of piperidine rings is 1. The van der Waals surface area contributed by atoms with Crippen LogP contribution in [-0.2, 0) is 0 Å². The molecule has 0 aliphatic carbocycles. The number of carbonyl (C=O) groups is 1. The Labute approximate surface area is 127 Å². The predicted octanol–water partition coefficient (Wildman–Crippen LogP) is 3.05. The van der Waals surface area contributed by atoms with Gasteiger partial charge in [0.05, 0.1) is 5.56 Å². The fourth-order valence-corrected chi connectivity index (χ4v) is 2.88. The molecule has 0 unspecified atom stereocenters. The van der Waals surface area contributed by atoms with Crippen molar-refractivity contribution in [1.29, 1.82) is 0 Å². The van der Waals surface area contributed by atoms with E-state index in [-0.39, 0.29) is 11.5 Å². The number of hydrogen-bond donors (Lipinski definition) is 1. The van der Waals surface area contributed by atoms with Crippen LogP contribution < -0.4 is 5.32 Å². The number of nitrogens with one attached hydrogen (secondary N) is 1. The van der Waals surface area contributed by atoms with Crippen molar-refractivity contribution in [2.24, 2.45) is 5.92 Å². The summed E-state index contributed by atoms with van der Waals surface area (Å²) in [5, 5.41) is 3.34. The molecule has 0 atom stereocenters. The van der Waals surface area contributed by atoms with Gasteiger partial charge in [0.15, 0.2) is 0 Å². The van der Waals surface area contributed by atoms with Gasteiger partial charge < -0.3 is 10.2 Å². The third kappa shape index (κ3) is 3.79. The third-order valence-corrected chi connectivity index (χ3v) is 4.24. The van der Waals surface area contributed by atoms with E-state index in [4.69, 9.17) is 0 Å². The maximum absolute atomic E-state index is 13.7. The molecule has 1 heterocycles. The first-order chi connectivity index (χ1) is 9.61. The summed E-state index contributed by atoms with van der Waals surface area (Å²) < 4.78 is 14.5. The highest BCUT2D eigenvalue weighted by molar-refractivity contribution is 9.10. The second-order valence-electron chi connectivity index (χ2n) is 5.17. The summed E-state index contributed by atoms with van der Waals surface area (Å²) in [6.07, 6.45) is 1.96. The Morgan fingerprint density at radius 2 is 2.15 bits per heavy atom. The lowest BCUT2D eigenvalue weighted by molar-refractivity contribution is 0.0685. The van der Waals surface area contributed by atoms with E-state index < -0.39 is 5.82 Å². The van der Waals surface area contributed by atoms with Crippen LogP contribution in [0.4, 0.5) is 4.39 Å². The Hall–Kier alpha value is -0.940. The number of nitrogens with zero attached hydrogens (tertiary/aromatic N) is 1. The molecule has 0 spiro atoms. The van der Waals surface area contributed by atoms with Crippen LogP contribution in [-0.4, -0.2) is 37.0 Å². The highest BCUT2D eigenvalue weighted by atomic mass is 79.9. The number of amides is 1. The van der Waals surface area contributed by atoms with Crippen LogP contribution in [0.5, 0.6) is 0 Å². The zero-order valence-corrected chi connectivity index (χ0v) is 13.2. The van der Waals surface area contributed by atoms with Crippen LogP contribution in [0.25, 0.3) is 0 Å². The molecule has 0 radical (unpaired) electrons. The zero-order valence-electron chi connectivity index (χ0n) is 11.7. The second-order valence-corrected chi connectivity index (χ2v) is 6.08. The molecule has 3 nitrogen and oxygen atoms in total. The van der Waals surface area contributed by atoms with Crippen LogP contribution in [0.2, 0.25) is 0 Å². The average molecular weight is 343 g/mol. The zero-order chi connectivity index (χ0) is 14.5. The number of likely N-dealkylation sites (tertiary alicyclic amines) is 1. The van der Waals surface area contributed by atoms with Crippen LogP contribution in [0, 0.1) is 11.7 Å². The fourth-order valence-electron chi connectivity index (χ4n) is 2.52. The summed E-state index contributed by atoms with van der Waals surface area (Å²) in [5.74, 6) is -0.0370. The minimum absolute atomic E-state index is 0.157. The molecule has 0 aromatic heterocycles. The van der Waals surface area contributed by atoms with E-state index in [0.29, 0.717) is 19.0 Å². The molecule has 0 bridgehead atoms. The van der Waals surface area contributed by atoms with Crippen molar-refractivity contribution in [1.82, 2.24) is 10.2 Å². The van der Waals surface area contributed by atoms with Crippen LogP contribution in [0.1, 0.15) is 30.1 Å². The summed E-state index contributed by atoms with van der Waals surface area (Å²) >= 11 is 3.28. The molecular formula is C15H20BrFN2O. The summed E-state index contributed by atoms with van der Waals surface area (Å²) in [7, 11) is 0. The van der Waals surface area contributed by atoms with Gasteiger partial charge >= 0.3 is 0 Å². The van der Waals surface area contributed by atoms with E-state index in [1.165, 1.54) is 6.07 Å². The van der Waals surface area contributed by atoms with Gasteiger partial charge in [0, 0.05) is 17.6 Å². The summed E-state index contributed by atoms with van der Waals surface area (Å²) in [5.41, 5.74) is 0.157. The molecule has 5 heteroatoms. The van der Waals surface area contributed by atoms with Gasteiger partial charge in [-0.15, -0.1) is 0 Å². The molecule has 110 valence electrons. The van der Waals surface area contributed by atoms with Crippen LogP contribution in [0.3, 0.4) is 0 Å². The Bertz CT molecular complexity index is 473. The maximum Gasteiger partial charge on any atom is 0.256 e. The van der Waals surface area contributed by atoms with Crippen molar-refractivity contribution >= 4 is 21.8 Å². The summed E-state index contributed by atoms with van der Waals surface area (Å²) in [4.78, 5) is 14.1. The molecule has 1 amide bonds. The lowest BCUT2D eigenvalue weighted by Gasteiger charge is -2.32. The van der Waals surface area contributed by atoms with Crippen molar-refractivity contribution in [3.05, 3.63) is 34.1 Å². The van der Waals surface area contributed by atoms with Crippen molar-refractivity contribution in [3.63, 3.8) is 0 Å². The predicted molar refractivity (Wildman–Crippen MR) is 81.3 cm³/mol. The van der Waals surface area contributed by atoms with Crippen molar-refractivity contribution in [2.75, 3.05) is 26.2 Å². The monoisotopic (exact) mass is 342 g/mol. The summed E-state index contributed by atoms with van der Waals surface area (Å²) in [6, 6.07) is 4.49. The first kappa shape index (κ1) is 15.4. The van der Waals surface area contributed by atoms with E-state index in [1.54, 1.807) is 17.0 Å². The van der Waals surface area contributed by atoms with Gasteiger partial charge in [-0.05, 0) is 50.0 Å². The smallest absolute Gasteiger partial charge is 0.256 e. The molecule has 1 N–H and O–H groups in total. The number of benzene rings is 1. The summed E-state index contributed by atoms with van der Waals surface area (Å²) in [6.45, 7) is 5.49. The lowest BCUT2D eigenvalue weighted by atomic mass is 9.96. The van der Waals surface area contributed by atoms with Crippen molar-refractivity contribution in [3.8, 4) is 0 Å². The molecule has 1 aliphatic heterocycles. The third-order valence-electron chi connectivity index (χ3n) is 3.74. The number of hydrogen-bond acceptors (Lipinski definition) is 2. The SMILES string of the molecule is CCNCC1CCN(C(=O)c2cc(Br)ccc2F)CC1. The van der Waals surface area contributed by atoms with Gasteiger partial charge in [-0.2, -0.15) is 0 Å². The Kier molecular flexibility index (Phi) is 5.54. The largest absolute Gasteiger partial charge is 0.339 e. The normalized spacial score (nSPS) is 16.4. The average Bonchev–Trinajstić information content (AvgIpc) is 2.47. The van der Waals surface area contributed by atoms with Gasteiger partial charge in [-0.3, -0.25) is 4.79 Å². The van der Waals surface area contributed by atoms with E-state index in [1.807, 2.05) is 0 Å². The van der Waals surface area contributed by atoms with Crippen molar-refractivity contribution < 1.29 is 9.18 Å². The van der Waals surface area contributed by atoms with Crippen LogP contribution >= 0.6 is 15.9 Å². The van der Waals surface area contributed by atoms with E-state index in [2.05, 4.69) is 28.2 Å². The maximum atomic E-state index is 13.7. The standard InChI is InChI=1S/C15H20BrFN2O/c1-2-18-10-11-5-7-19(8-6-11)15(20)13-9-12(16)3-4-14(13)17/h3-4,9,11,18H,2,5-8,10H2,1H3. The topological polar surface area (TPSA) is 32.3 Å². The molecule has 1 aromatic carbocycles. The molecule has 0 saturated carbocycles. The van der Waals surface area contributed by atoms with Gasteiger partial charge in [0.2, 0.25) is 0 Å².